The van der Waals surface area contributed by atoms with Crippen molar-refractivity contribution in [1.82, 2.24) is 9.80 Å². The van der Waals surface area contributed by atoms with E-state index < -0.39 is 0 Å². The largest absolute Gasteiger partial charge is 0.383 e. The van der Waals surface area contributed by atoms with Crippen LogP contribution in [0.5, 0.6) is 0 Å². The monoisotopic (exact) mass is 254 g/mol. The molecule has 0 bridgehead atoms. The number of methoxy groups -OCH3 is 1. The molecule has 1 aliphatic carbocycles. The van der Waals surface area contributed by atoms with Crippen molar-refractivity contribution in [1.29, 1.82) is 0 Å². The Morgan fingerprint density at radius 2 is 2.11 bits per heavy atom. The molecule has 0 radical (unpaired) electrons. The van der Waals surface area contributed by atoms with Crippen molar-refractivity contribution in [3.05, 3.63) is 0 Å². The molecule has 1 aliphatic heterocycles. The molecule has 0 N–H and O–H groups in total. The second kappa shape index (κ2) is 6.53. The Bertz CT molecular complexity index is 279. The minimum atomic E-state index is 0.359. The van der Waals surface area contributed by atoms with Gasteiger partial charge in [0.2, 0.25) is 5.91 Å². The second-order valence-electron chi connectivity index (χ2n) is 5.53. The van der Waals surface area contributed by atoms with Crippen molar-refractivity contribution in [3.8, 4) is 0 Å². The van der Waals surface area contributed by atoms with E-state index >= 15 is 0 Å². The number of rotatable bonds is 6. The molecule has 0 aromatic rings. The van der Waals surface area contributed by atoms with Crippen LogP contribution in [0.25, 0.3) is 0 Å². The molecule has 1 heterocycles. The summed E-state index contributed by atoms with van der Waals surface area (Å²) in [5.41, 5.74) is 0. The zero-order valence-corrected chi connectivity index (χ0v) is 11.7. The smallest absolute Gasteiger partial charge is 0.225 e. The summed E-state index contributed by atoms with van der Waals surface area (Å²) < 4.78 is 5.17. The molecule has 4 nitrogen and oxygen atoms in total. The van der Waals surface area contributed by atoms with Gasteiger partial charge in [-0.2, -0.15) is 0 Å². The first kappa shape index (κ1) is 13.8. The third kappa shape index (κ3) is 3.45. The van der Waals surface area contributed by atoms with Crippen LogP contribution in [0.4, 0.5) is 0 Å². The quantitative estimate of drug-likeness (QED) is 0.717. The lowest BCUT2D eigenvalue weighted by molar-refractivity contribution is -0.135. The molecule has 18 heavy (non-hydrogen) atoms. The highest BCUT2D eigenvalue weighted by atomic mass is 16.5. The number of piperazine rings is 1. The molecule has 1 saturated heterocycles. The molecule has 0 aromatic carbocycles. The van der Waals surface area contributed by atoms with Gasteiger partial charge >= 0.3 is 0 Å². The first-order chi connectivity index (χ1) is 8.76. The fourth-order valence-corrected chi connectivity index (χ4v) is 2.79. The Morgan fingerprint density at radius 3 is 2.72 bits per heavy atom. The van der Waals surface area contributed by atoms with Crippen molar-refractivity contribution in [2.24, 2.45) is 5.92 Å². The third-order valence-corrected chi connectivity index (χ3v) is 4.05. The van der Waals surface area contributed by atoms with Crippen LogP contribution in [-0.2, 0) is 9.53 Å². The molecule has 2 fully saturated rings. The van der Waals surface area contributed by atoms with Gasteiger partial charge in [0.05, 0.1) is 6.61 Å². The molecule has 104 valence electrons. The van der Waals surface area contributed by atoms with Gasteiger partial charge in [0.15, 0.2) is 0 Å². The van der Waals surface area contributed by atoms with Crippen LogP contribution in [-0.4, -0.2) is 61.6 Å². The van der Waals surface area contributed by atoms with Crippen molar-refractivity contribution < 1.29 is 9.53 Å². The average molecular weight is 254 g/mol. The number of amides is 1. The summed E-state index contributed by atoms with van der Waals surface area (Å²) in [6.45, 7) is 6.83. The highest BCUT2D eigenvalue weighted by Crippen LogP contribution is 2.31. The van der Waals surface area contributed by atoms with Crippen LogP contribution in [0.3, 0.4) is 0 Å². The number of ether oxygens (including phenoxy) is 1. The third-order valence-electron chi connectivity index (χ3n) is 4.05. The summed E-state index contributed by atoms with van der Waals surface area (Å²) in [6.07, 6.45) is 4.58. The number of carbonyl (C=O) groups excluding carboxylic acids is 1. The number of carbonyl (C=O) groups is 1. The van der Waals surface area contributed by atoms with E-state index in [1.807, 2.05) is 0 Å². The van der Waals surface area contributed by atoms with Gasteiger partial charge in [0.25, 0.3) is 0 Å². The second-order valence-corrected chi connectivity index (χ2v) is 5.53. The maximum absolute atomic E-state index is 12.1. The number of nitrogens with zero attached hydrogens (tertiary/aromatic N) is 2. The van der Waals surface area contributed by atoms with Crippen molar-refractivity contribution >= 4 is 5.91 Å². The van der Waals surface area contributed by atoms with E-state index in [4.69, 9.17) is 4.74 Å². The van der Waals surface area contributed by atoms with Crippen LogP contribution in [0, 0.1) is 5.92 Å². The van der Waals surface area contributed by atoms with Crippen LogP contribution in [0.2, 0.25) is 0 Å². The van der Waals surface area contributed by atoms with E-state index in [2.05, 4.69) is 16.7 Å². The van der Waals surface area contributed by atoms with Crippen LogP contribution in [0.15, 0.2) is 0 Å². The SMILES string of the molecule is CCC[C@H]1CN(C(=O)C2CC2)CCN1CCOC. The maximum Gasteiger partial charge on any atom is 0.225 e. The van der Waals surface area contributed by atoms with Gasteiger partial charge in [-0.1, -0.05) is 13.3 Å². The first-order valence-electron chi connectivity index (χ1n) is 7.28. The first-order valence-corrected chi connectivity index (χ1v) is 7.28. The van der Waals surface area contributed by atoms with Crippen LogP contribution in [0.1, 0.15) is 32.6 Å². The lowest BCUT2D eigenvalue weighted by Crippen LogP contribution is -2.55. The van der Waals surface area contributed by atoms with E-state index in [1.54, 1.807) is 7.11 Å². The minimum Gasteiger partial charge on any atom is -0.383 e. The van der Waals surface area contributed by atoms with Crippen LogP contribution >= 0.6 is 0 Å². The van der Waals surface area contributed by atoms with E-state index in [0.29, 0.717) is 17.9 Å². The van der Waals surface area contributed by atoms with Gasteiger partial charge in [0.1, 0.15) is 0 Å². The molecular formula is C14H26N2O2. The lowest BCUT2D eigenvalue weighted by atomic mass is 10.1. The van der Waals surface area contributed by atoms with Gasteiger partial charge < -0.3 is 9.64 Å². The predicted octanol–water partition coefficient (Wildman–Crippen LogP) is 1.36. The van der Waals surface area contributed by atoms with Gasteiger partial charge in [-0.15, -0.1) is 0 Å². The minimum absolute atomic E-state index is 0.359. The summed E-state index contributed by atoms with van der Waals surface area (Å²) >= 11 is 0. The molecule has 0 spiro atoms. The topological polar surface area (TPSA) is 32.8 Å². The molecule has 0 unspecified atom stereocenters. The molecule has 1 saturated carbocycles. The Kier molecular flexibility index (Phi) is 5.01. The number of hydrogen-bond donors (Lipinski definition) is 0. The van der Waals surface area contributed by atoms with Gasteiger partial charge in [0, 0.05) is 45.2 Å². The summed E-state index contributed by atoms with van der Waals surface area (Å²) in [5, 5.41) is 0. The highest BCUT2D eigenvalue weighted by molar-refractivity contribution is 5.81. The summed E-state index contributed by atoms with van der Waals surface area (Å²) in [5.74, 6) is 0.764. The fraction of sp³-hybridized carbons (Fsp3) is 0.929. The summed E-state index contributed by atoms with van der Waals surface area (Å²) in [6, 6.07) is 0.529. The Morgan fingerprint density at radius 1 is 1.33 bits per heavy atom. The fourth-order valence-electron chi connectivity index (χ4n) is 2.79. The molecular weight excluding hydrogens is 228 g/mol. The predicted molar refractivity (Wildman–Crippen MR) is 71.4 cm³/mol. The Labute approximate surface area is 110 Å². The standard InChI is InChI=1S/C14H26N2O2/c1-3-4-13-11-16(14(17)12-5-6-12)8-7-15(13)9-10-18-2/h12-13H,3-11H2,1-2H3/t13-/m0/s1. The van der Waals surface area contributed by atoms with Gasteiger partial charge in [-0.05, 0) is 19.3 Å². The average Bonchev–Trinajstić information content (AvgIpc) is 3.21. The molecule has 0 aromatic heterocycles. The van der Waals surface area contributed by atoms with E-state index in [1.165, 1.54) is 12.8 Å². The van der Waals surface area contributed by atoms with Gasteiger partial charge in [-0.25, -0.2) is 0 Å². The molecule has 1 atom stereocenters. The van der Waals surface area contributed by atoms with E-state index in [-0.39, 0.29) is 0 Å². The molecule has 1 amide bonds. The van der Waals surface area contributed by atoms with Crippen molar-refractivity contribution in [2.45, 2.75) is 38.6 Å². The van der Waals surface area contributed by atoms with Crippen LogP contribution < -0.4 is 0 Å². The normalized spacial score (nSPS) is 25.4. The van der Waals surface area contributed by atoms with Crippen molar-refractivity contribution in [3.63, 3.8) is 0 Å². The summed E-state index contributed by atoms with van der Waals surface area (Å²) in [7, 11) is 1.75. The van der Waals surface area contributed by atoms with Crippen molar-refractivity contribution in [2.75, 3.05) is 39.9 Å². The zero-order valence-electron chi connectivity index (χ0n) is 11.7. The maximum atomic E-state index is 12.1. The zero-order chi connectivity index (χ0) is 13.0. The summed E-state index contributed by atoms with van der Waals surface area (Å²) in [4.78, 5) is 16.7. The number of hydrogen-bond acceptors (Lipinski definition) is 3. The van der Waals surface area contributed by atoms with E-state index in [9.17, 15) is 4.79 Å². The molecule has 4 heteroatoms. The Balaban J connectivity index is 1.87. The Hall–Kier alpha value is -0.610. The highest BCUT2D eigenvalue weighted by Gasteiger charge is 2.36. The molecule has 2 aliphatic rings. The van der Waals surface area contributed by atoms with Gasteiger partial charge in [-0.3, -0.25) is 9.69 Å². The van der Waals surface area contributed by atoms with E-state index in [0.717, 1.165) is 45.6 Å². The molecule has 2 rings (SSSR count). The lowest BCUT2D eigenvalue weighted by Gasteiger charge is -2.41.